The summed E-state index contributed by atoms with van der Waals surface area (Å²) >= 11 is 0. The molecule has 1 aliphatic heterocycles. The van der Waals surface area contributed by atoms with Gasteiger partial charge in [0.1, 0.15) is 5.70 Å². The van der Waals surface area contributed by atoms with Crippen LogP contribution in [0.3, 0.4) is 0 Å². The Morgan fingerprint density at radius 2 is 1.75 bits per heavy atom. The molecular weight excluding hydrogens is 204 g/mol. The Bertz CT molecular complexity index is 475. The lowest BCUT2D eigenvalue weighted by molar-refractivity contribution is -0.115. The van der Waals surface area contributed by atoms with Crippen LogP contribution in [0.15, 0.2) is 48.2 Å². The number of rotatable bonds is 2. The summed E-state index contributed by atoms with van der Waals surface area (Å²) in [6.07, 6.45) is 5.13. The van der Waals surface area contributed by atoms with E-state index < -0.39 is 11.9 Å². The van der Waals surface area contributed by atoms with E-state index >= 15 is 0 Å². The van der Waals surface area contributed by atoms with Gasteiger partial charge in [0.15, 0.2) is 0 Å². The fourth-order valence-corrected chi connectivity index (χ4v) is 1.32. The number of nitrogens with one attached hydrogen (secondary N) is 2. The molecule has 0 spiro atoms. The molecule has 1 aromatic carbocycles. The molecule has 0 aromatic heterocycles. The summed E-state index contributed by atoms with van der Waals surface area (Å²) in [5.74, 6) is -0.400. The summed E-state index contributed by atoms with van der Waals surface area (Å²) in [5.41, 5.74) is 1.29. The van der Waals surface area contributed by atoms with Crippen molar-refractivity contribution < 1.29 is 9.59 Å². The molecule has 80 valence electrons. The lowest BCUT2D eigenvalue weighted by Crippen LogP contribution is -2.22. The molecule has 0 bridgehead atoms. The lowest BCUT2D eigenvalue weighted by Gasteiger charge is -1.90. The highest BCUT2D eigenvalue weighted by molar-refractivity contribution is 6.11. The number of imide groups is 1. The third kappa shape index (κ3) is 2.36. The van der Waals surface area contributed by atoms with Gasteiger partial charge in [-0.3, -0.25) is 10.1 Å². The first-order chi connectivity index (χ1) is 7.75. The molecule has 1 aromatic rings. The number of allylic oxidation sites excluding steroid dienone is 2. The van der Waals surface area contributed by atoms with Gasteiger partial charge in [0.05, 0.1) is 0 Å². The summed E-state index contributed by atoms with van der Waals surface area (Å²) in [4.78, 5) is 21.9. The van der Waals surface area contributed by atoms with Crippen molar-refractivity contribution in [1.29, 1.82) is 0 Å². The van der Waals surface area contributed by atoms with Crippen molar-refractivity contribution >= 4 is 18.0 Å². The Balaban J connectivity index is 2.07. The SMILES string of the molecule is O=C1NC(=O)/C(=C/C=C/c2ccccc2)N1. The Labute approximate surface area is 92.7 Å². The van der Waals surface area contributed by atoms with Gasteiger partial charge in [-0.1, -0.05) is 42.5 Å². The quantitative estimate of drug-likeness (QED) is 0.578. The normalized spacial score (nSPS) is 17.9. The van der Waals surface area contributed by atoms with Crippen LogP contribution >= 0.6 is 0 Å². The first-order valence-electron chi connectivity index (χ1n) is 4.81. The van der Waals surface area contributed by atoms with E-state index in [1.165, 1.54) is 0 Å². The van der Waals surface area contributed by atoms with Crippen LogP contribution in [-0.4, -0.2) is 11.9 Å². The zero-order chi connectivity index (χ0) is 11.4. The minimum Gasteiger partial charge on any atom is -0.303 e. The topological polar surface area (TPSA) is 58.2 Å². The van der Waals surface area contributed by atoms with E-state index in [1.807, 2.05) is 36.4 Å². The zero-order valence-electron chi connectivity index (χ0n) is 8.44. The second-order valence-corrected chi connectivity index (χ2v) is 3.26. The van der Waals surface area contributed by atoms with Gasteiger partial charge in [0, 0.05) is 0 Å². The monoisotopic (exact) mass is 214 g/mol. The van der Waals surface area contributed by atoms with Gasteiger partial charge in [-0.05, 0) is 11.6 Å². The van der Waals surface area contributed by atoms with Crippen LogP contribution in [0.25, 0.3) is 6.08 Å². The predicted molar refractivity (Wildman–Crippen MR) is 60.2 cm³/mol. The maximum atomic E-state index is 11.1. The molecule has 4 heteroatoms. The van der Waals surface area contributed by atoms with Gasteiger partial charge < -0.3 is 5.32 Å². The van der Waals surface area contributed by atoms with E-state index in [0.29, 0.717) is 0 Å². The first-order valence-corrected chi connectivity index (χ1v) is 4.81. The van der Waals surface area contributed by atoms with Crippen LogP contribution in [0.4, 0.5) is 4.79 Å². The molecule has 0 unspecified atom stereocenters. The Kier molecular flexibility index (Phi) is 2.82. The number of hydrogen-bond acceptors (Lipinski definition) is 2. The lowest BCUT2D eigenvalue weighted by atomic mass is 10.2. The van der Waals surface area contributed by atoms with E-state index in [1.54, 1.807) is 12.2 Å². The fourth-order valence-electron chi connectivity index (χ4n) is 1.32. The zero-order valence-corrected chi connectivity index (χ0v) is 8.44. The molecule has 0 saturated carbocycles. The average Bonchev–Trinajstić information content (AvgIpc) is 2.59. The van der Waals surface area contributed by atoms with Crippen LogP contribution < -0.4 is 10.6 Å². The fraction of sp³-hybridized carbons (Fsp3) is 0. The van der Waals surface area contributed by atoms with Crippen LogP contribution in [0.5, 0.6) is 0 Å². The van der Waals surface area contributed by atoms with Crippen LogP contribution in [-0.2, 0) is 4.79 Å². The van der Waals surface area contributed by atoms with E-state index in [-0.39, 0.29) is 5.70 Å². The van der Waals surface area contributed by atoms with Gasteiger partial charge in [-0.2, -0.15) is 0 Å². The predicted octanol–water partition coefficient (Wildman–Crippen LogP) is 1.42. The van der Waals surface area contributed by atoms with E-state index in [4.69, 9.17) is 0 Å². The van der Waals surface area contributed by atoms with Crippen molar-refractivity contribution in [3.8, 4) is 0 Å². The third-order valence-corrected chi connectivity index (χ3v) is 2.07. The summed E-state index contributed by atoms with van der Waals surface area (Å²) in [7, 11) is 0. The van der Waals surface area contributed by atoms with Crippen LogP contribution in [0, 0.1) is 0 Å². The van der Waals surface area contributed by atoms with Crippen molar-refractivity contribution in [3.05, 3.63) is 53.7 Å². The van der Waals surface area contributed by atoms with Gasteiger partial charge in [0.2, 0.25) is 0 Å². The van der Waals surface area contributed by atoms with Crippen molar-refractivity contribution in [1.82, 2.24) is 10.6 Å². The molecule has 2 rings (SSSR count). The highest BCUT2D eigenvalue weighted by Gasteiger charge is 2.21. The smallest absolute Gasteiger partial charge is 0.303 e. The summed E-state index contributed by atoms with van der Waals surface area (Å²) in [5, 5.41) is 4.52. The molecular formula is C12H10N2O2. The number of benzene rings is 1. The molecule has 1 fully saturated rings. The number of urea groups is 1. The average molecular weight is 214 g/mol. The molecule has 0 atom stereocenters. The molecule has 1 heterocycles. The standard InChI is InChI=1S/C12H10N2O2/c15-11-10(13-12(16)14-11)8-4-7-9-5-2-1-3-6-9/h1-8H,(H2,13,14,15,16)/b7-4+,10-8-. The van der Waals surface area contributed by atoms with Crippen molar-refractivity contribution in [2.24, 2.45) is 0 Å². The molecule has 4 nitrogen and oxygen atoms in total. The van der Waals surface area contributed by atoms with E-state index in [0.717, 1.165) is 5.56 Å². The summed E-state index contributed by atoms with van der Waals surface area (Å²) in [6.45, 7) is 0. The van der Waals surface area contributed by atoms with Crippen molar-refractivity contribution in [2.45, 2.75) is 0 Å². The Hall–Kier alpha value is -2.36. The number of carbonyl (C=O) groups excluding carboxylic acids is 2. The number of amides is 3. The molecule has 3 amide bonds. The maximum absolute atomic E-state index is 11.1. The Morgan fingerprint density at radius 1 is 1.00 bits per heavy atom. The molecule has 0 radical (unpaired) electrons. The van der Waals surface area contributed by atoms with Gasteiger partial charge in [-0.15, -0.1) is 0 Å². The maximum Gasteiger partial charge on any atom is 0.326 e. The van der Waals surface area contributed by atoms with Crippen LogP contribution in [0.2, 0.25) is 0 Å². The second-order valence-electron chi connectivity index (χ2n) is 3.26. The summed E-state index contributed by atoms with van der Waals surface area (Å²) < 4.78 is 0. The number of hydrogen-bond donors (Lipinski definition) is 2. The highest BCUT2D eigenvalue weighted by Crippen LogP contribution is 2.03. The largest absolute Gasteiger partial charge is 0.326 e. The highest BCUT2D eigenvalue weighted by atomic mass is 16.2. The van der Waals surface area contributed by atoms with Gasteiger partial charge in [-0.25, -0.2) is 4.79 Å². The van der Waals surface area contributed by atoms with Crippen molar-refractivity contribution in [3.63, 3.8) is 0 Å². The van der Waals surface area contributed by atoms with Gasteiger partial charge >= 0.3 is 6.03 Å². The van der Waals surface area contributed by atoms with E-state index in [2.05, 4.69) is 10.6 Å². The van der Waals surface area contributed by atoms with Crippen molar-refractivity contribution in [2.75, 3.05) is 0 Å². The van der Waals surface area contributed by atoms with Gasteiger partial charge in [0.25, 0.3) is 5.91 Å². The molecule has 0 aliphatic carbocycles. The van der Waals surface area contributed by atoms with Crippen LogP contribution in [0.1, 0.15) is 5.56 Å². The molecule has 1 aliphatic rings. The number of carbonyl (C=O) groups is 2. The molecule has 2 N–H and O–H groups in total. The third-order valence-electron chi connectivity index (χ3n) is 2.07. The minimum absolute atomic E-state index is 0.261. The first kappa shape index (κ1) is 10.2. The molecule has 1 saturated heterocycles. The molecule has 16 heavy (non-hydrogen) atoms. The minimum atomic E-state index is -0.482. The van der Waals surface area contributed by atoms with E-state index in [9.17, 15) is 9.59 Å². The Morgan fingerprint density at radius 3 is 2.38 bits per heavy atom. The summed E-state index contributed by atoms with van der Waals surface area (Å²) in [6, 6.07) is 9.20. The second kappa shape index (κ2) is 4.44.